The van der Waals surface area contributed by atoms with Crippen LogP contribution in [0, 0.1) is 5.41 Å². The first-order valence-corrected chi connectivity index (χ1v) is 17.7. The van der Waals surface area contributed by atoms with Crippen molar-refractivity contribution in [3.05, 3.63) is 114 Å². The first-order valence-electron chi connectivity index (χ1n) is 17.7. The highest BCUT2D eigenvalue weighted by molar-refractivity contribution is 5.99. The summed E-state index contributed by atoms with van der Waals surface area (Å²) >= 11 is 0. The maximum absolute atomic E-state index is 14.3. The van der Waals surface area contributed by atoms with Gasteiger partial charge in [-0.25, -0.2) is 0 Å². The fourth-order valence-corrected chi connectivity index (χ4v) is 6.36. The number of rotatable bonds is 16. The van der Waals surface area contributed by atoms with E-state index in [0.717, 1.165) is 5.56 Å². The fraction of sp³-hybridized carbons (Fsp3) is 0.333. The largest absolute Gasteiger partial charge is 0.493 e. The van der Waals surface area contributed by atoms with Gasteiger partial charge in [-0.05, 0) is 46.9 Å². The zero-order chi connectivity index (χ0) is 38.9. The lowest BCUT2D eigenvalue weighted by Crippen LogP contribution is -2.76. The molecule has 1 saturated heterocycles. The Labute approximate surface area is 315 Å². The standard InChI is InChI=1S/C42H48N4O8/c1-41(2,3)37(39(49)46-42(26-43-40(42)50)25-27-14-9-7-10-15-27)45-38(48)32(24-29-20-21-33(51-4)36(53-6)35(29)52-5)44-34(47)23-28-16-13-19-31(22-28)54-30-17-11-8-12-18-30/h7-22,32,37H,23-26H2,1-6H3,(H,43,50)(H,44,47)(H,45,48)(H,46,49)/t32-,37+,42-/m0/s1. The number of nitrogens with one attached hydrogen (secondary N) is 4. The highest BCUT2D eigenvalue weighted by Gasteiger charge is 2.49. The molecule has 4 aromatic carbocycles. The Morgan fingerprint density at radius 3 is 2.00 bits per heavy atom. The summed E-state index contributed by atoms with van der Waals surface area (Å²) in [5.74, 6) is 0.429. The lowest BCUT2D eigenvalue weighted by atomic mass is 9.81. The molecule has 4 amide bonds. The molecule has 0 radical (unpaired) electrons. The van der Waals surface area contributed by atoms with E-state index in [1.165, 1.54) is 21.3 Å². The van der Waals surface area contributed by atoms with Crippen LogP contribution in [-0.2, 0) is 38.4 Å². The Morgan fingerprint density at radius 1 is 0.759 bits per heavy atom. The van der Waals surface area contributed by atoms with Gasteiger partial charge < -0.3 is 40.2 Å². The van der Waals surface area contributed by atoms with Crippen LogP contribution in [0.4, 0.5) is 0 Å². The van der Waals surface area contributed by atoms with Crippen molar-refractivity contribution in [2.45, 2.75) is 57.7 Å². The van der Waals surface area contributed by atoms with Gasteiger partial charge in [-0.2, -0.15) is 0 Å². The zero-order valence-electron chi connectivity index (χ0n) is 31.5. The van der Waals surface area contributed by atoms with Crippen molar-refractivity contribution < 1.29 is 38.1 Å². The number of hydrogen-bond acceptors (Lipinski definition) is 8. The molecule has 1 heterocycles. The van der Waals surface area contributed by atoms with Crippen LogP contribution in [0.5, 0.6) is 28.7 Å². The number of hydrogen-bond donors (Lipinski definition) is 4. The number of para-hydroxylation sites is 1. The van der Waals surface area contributed by atoms with Crippen molar-refractivity contribution in [1.82, 2.24) is 21.3 Å². The predicted octanol–water partition coefficient (Wildman–Crippen LogP) is 4.53. The summed E-state index contributed by atoms with van der Waals surface area (Å²) < 4.78 is 22.7. The van der Waals surface area contributed by atoms with Gasteiger partial charge in [0.1, 0.15) is 29.1 Å². The molecule has 12 nitrogen and oxygen atoms in total. The Balaban J connectivity index is 1.40. The summed E-state index contributed by atoms with van der Waals surface area (Å²) in [5.41, 5.74) is 0.138. The molecule has 0 aromatic heterocycles. The van der Waals surface area contributed by atoms with E-state index in [1.54, 1.807) is 36.4 Å². The molecule has 0 saturated carbocycles. The topological polar surface area (TPSA) is 153 Å². The van der Waals surface area contributed by atoms with Gasteiger partial charge in [-0.15, -0.1) is 0 Å². The summed E-state index contributed by atoms with van der Waals surface area (Å²) in [5, 5.41) is 11.5. The van der Waals surface area contributed by atoms with Gasteiger partial charge in [-0.1, -0.05) is 87.5 Å². The van der Waals surface area contributed by atoms with Gasteiger partial charge in [0.05, 0.1) is 34.3 Å². The molecular formula is C42H48N4O8. The third-order valence-electron chi connectivity index (χ3n) is 9.21. The Kier molecular flexibility index (Phi) is 12.5. The third-order valence-corrected chi connectivity index (χ3v) is 9.21. The van der Waals surface area contributed by atoms with Gasteiger partial charge in [0.25, 0.3) is 0 Å². The van der Waals surface area contributed by atoms with E-state index in [9.17, 15) is 19.2 Å². The quantitative estimate of drug-likeness (QED) is 0.123. The lowest BCUT2D eigenvalue weighted by Gasteiger charge is -2.43. The van der Waals surface area contributed by atoms with Crippen LogP contribution in [-0.4, -0.2) is 69.1 Å². The maximum atomic E-state index is 14.3. The number of β-lactam (4-membered cyclic amide) rings is 1. The summed E-state index contributed by atoms with van der Waals surface area (Å²) in [6.07, 6.45) is 0.210. The van der Waals surface area contributed by atoms with Gasteiger partial charge in [0, 0.05) is 18.4 Å². The van der Waals surface area contributed by atoms with Crippen molar-refractivity contribution in [2.75, 3.05) is 27.9 Å². The predicted molar refractivity (Wildman–Crippen MR) is 204 cm³/mol. The average Bonchev–Trinajstić information content (AvgIpc) is 3.15. The third kappa shape index (κ3) is 9.49. The van der Waals surface area contributed by atoms with E-state index in [2.05, 4.69) is 21.3 Å². The molecule has 3 atom stereocenters. The number of carbonyl (C=O) groups excluding carboxylic acids is 4. The van der Waals surface area contributed by atoms with Crippen LogP contribution in [0.25, 0.3) is 0 Å². The van der Waals surface area contributed by atoms with E-state index in [0.29, 0.717) is 39.9 Å². The molecular weight excluding hydrogens is 688 g/mol. The molecule has 284 valence electrons. The number of methoxy groups -OCH3 is 3. The van der Waals surface area contributed by atoms with Crippen LogP contribution in [0.15, 0.2) is 97.1 Å². The van der Waals surface area contributed by atoms with Crippen molar-refractivity contribution in [3.8, 4) is 28.7 Å². The highest BCUT2D eigenvalue weighted by atomic mass is 16.5. The fourth-order valence-electron chi connectivity index (χ4n) is 6.36. The minimum atomic E-state index is -1.17. The molecule has 1 aliphatic rings. The van der Waals surface area contributed by atoms with E-state index >= 15 is 0 Å². The molecule has 0 aliphatic carbocycles. The Morgan fingerprint density at radius 2 is 1.41 bits per heavy atom. The molecule has 0 bridgehead atoms. The molecule has 1 fully saturated rings. The summed E-state index contributed by atoms with van der Waals surface area (Å²) in [7, 11) is 4.45. The first-order chi connectivity index (χ1) is 25.8. The van der Waals surface area contributed by atoms with E-state index in [4.69, 9.17) is 18.9 Å². The van der Waals surface area contributed by atoms with E-state index in [-0.39, 0.29) is 31.7 Å². The van der Waals surface area contributed by atoms with Crippen LogP contribution >= 0.6 is 0 Å². The number of carbonyl (C=O) groups is 4. The molecule has 4 aromatic rings. The maximum Gasteiger partial charge on any atom is 0.248 e. The molecule has 54 heavy (non-hydrogen) atoms. The SMILES string of the molecule is COc1ccc(C[C@H](NC(=O)Cc2cccc(Oc3ccccc3)c2)C(=O)N[C@H](C(=O)N[C@@]2(Cc3ccccc3)CNC2=O)C(C)(C)C)c(OC)c1OC. The van der Waals surface area contributed by atoms with Crippen molar-refractivity contribution in [2.24, 2.45) is 5.41 Å². The normalized spacial score (nSPS) is 16.1. The van der Waals surface area contributed by atoms with Crippen molar-refractivity contribution in [3.63, 3.8) is 0 Å². The number of ether oxygens (including phenoxy) is 4. The summed E-state index contributed by atoms with van der Waals surface area (Å²) in [4.78, 5) is 55.0. The monoisotopic (exact) mass is 736 g/mol. The second kappa shape index (κ2) is 17.2. The molecule has 4 N–H and O–H groups in total. The van der Waals surface area contributed by atoms with Crippen LogP contribution in [0.3, 0.4) is 0 Å². The van der Waals surface area contributed by atoms with Gasteiger partial charge in [0.15, 0.2) is 11.5 Å². The van der Waals surface area contributed by atoms with Crippen LogP contribution in [0.1, 0.15) is 37.5 Å². The first kappa shape index (κ1) is 39.2. The number of benzene rings is 4. The summed E-state index contributed by atoms with van der Waals surface area (Å²) in [6, 6.07) is 27.0. The second-order valence-electron chi connectivity index (χ2n) is 14.3. The lowest BCUT2D eigenvalue weighted by molar-refractivity contribution is -0.142. The van der Waals surface area contributed by atoms with Crippen molar-refractivity contribution in [1.29, 1.82) is 0 Å². The van der Waals surface area contributed by atoms with Crippen LogP contribution < -0.4 is 40.2 Å². The highest BCUT2D eigenvalue weighted by Crippen LogP contribution is 2.40. The minimum Gasteiger partial charge on any atom is -0.493 e. The molecule has 1 aliphatic heterocycles. The zero-order valence-corrected chi connectivity index (χ0v) is 31.5. The van der Waals surface area contributed by atoms with Gasteiger partial charge >= 0.3 is 0 Å². The van der Waals surface area contributed by atoms with Crippen molar-refractivity contribution >= 4 is 23.6 Å². The van der Waals surface area contributed by atoms with Gasteiger partial charge in [0.2, 0.25) is 29.4 Å². The average molecular weight is 737 g/mol. The molecule has 0 spiro atoms. The molecule has 0 unspecified atom stereocenters. The van der Waals surface area contributed by atoms with E-state index < -0.39 is 40.8 Å². The molecule has 12 heteroatoms. The number of amides is 4. The smallest absolute Gasteiger partial charge is 0.248 e. The minimum absolute atomic E-state index is 0.0168. The van der Waals surface area contributed by atoms with Crippen LogP contribution in [0.2, 0.25) is 0 Å². The summed E-state index contributed by atoms with van der Waals surface area (Å²) in [6.45, 7) is 5.69. The Bertz CT molecular complexity index is 1950. The molecule has 5 rings (SSSR count). The van der Waals surface area contributed by atoms with E-state index in [1.807, 2.05) is 81.4 Å². The van der Waals surface area contributed by atoms with Gasteiger partial charge in [-0.3, -0.25) is 19.2 Å². The Hall–Kier alpha value is -6.04. The second-order valence-corrected chi connectivity index (χ2v) is 14.3.